The molecule has 22 heavy (non-hydrogen) atoms. The monoisotopic (exact) mass is 299 g/mol. The molecule has 2 heterocycles. The first kappa shape index (κ1) is 14.0. The molecular weight excluding hydrogens is 286 g/mol. The summed E-state index contributed by atoms with van der Waals surface area (Å²) >= 11 is 0. The second-order valence-electron chi connectivity index (χ2n) is 5.08. The Hall–Kier alpha value is -2.96. The van der Waals surface area contributed by atoms with Gasteiger partial charge in [-0.1, -0.05) is 17.3 Å². The number of nitrogens with zero attached hydrogens (tertiary/aromatic N) is 3. The molecule has 0 unspecified atom stereocenters. The highest BCUT2D eigenvalue weighted by Gasteiger charge is 2.18. The molecule has 7 heteroatoms. The molecule has 3 aromatic rings. The van der Waals surface area contributed by atoms with Crippen molar-refractivity contribution in [3.8, 4) is 0 Å². The first-order valence-corrected chi connectivity index (χ1v) is 6.62. The van der Waals surface area contributed by atoms with Gasteiger partial charge in [-0.25, -0.2) is 14.3 Å². The van der Waals surface area contributed by atoms with Crippen molar-refractivity contribution in [3.63, 3.8) is 0 Å². The number of fused-ring (bicyclic) bond motifs is 1. The summed E-state index contributed by atoms with van der Waals surface area (Å²) in [5.41, 5.74) is 1.93. The van der Waals surface area contributed by atoms with E-state index in [2.05, 4.69) is 10.3 Å². The number of benzene rings is 1. The zero-order valence-corrected chi connectivity index (χ0v) is 12.0. The third kappa shape index (κ3) is 2.37. The van der Waals surface area contributed by atoms with E-state index in [1.54, 1.807) is 13.0 Å². The maximum absolute atomic E-state index is 11.7. The van der Waals surface area contributed by atoms with Gasteiger partial charge in [-0.2, -0.15) is 0 Å². The van der Waals surface area contributed by atoms with Gasteiger partial charge in [-0.05, 0) is 31.0 Å². The van der Waals surface area contributed by atoms with E-state index in [0.717, 1.165) is 10.9 Å². The number of aromatic nitrogens is 3. The molecule has 0 bridgehead atoms. The molecule has 7 nitrogen and oxygen atoms in total. The molecule has 0 fully saturated rings. The van der Waals surface area contributed by atoms with E-state index >= 15 is 0 Å². The third-order valence-electron chi connectivity index (χ3n) is 3.41. The van der Waals surface area contributed by atoms with Crippen molar-refractivity contribution in [2.45, 2.75) is 20.4 Å². The Morgan fingerprint density at radius 1 is 1.32 bits per heavy atom. The summed E-state index contributed by atoms with van der Waals surface area (Å²) in [6, 6.07) is 6.86. The quantitative estimate of drug-likeness (QED) is 0.740. The minimum atomic E-state index is -1.11. The van der Waals surface area contributed by atoms with Crippen LogP contribution in [-0.2, 0) is 6.54 Å². The average Bonchev–Trinajstić information content (AvgIpc) is 2.79. The molecular formula is C15H13N3O4. The maximum Gasteiger partial charge on any atom is 0.356 e. The number of aromatic carboxylic acids is 1. The lowest BCUT2D eigenvalue weighted by Gasteiger charge is -2.07. The maximum atomic E-state index is 11.7. The molecule has 0 aliphatic carbocycles. The summed E-state index contributed by atoms with van der Waals surface area (Å²) < 4.78 is 6.46. The van der Waals surface area contributed by atoms with Crippen molar-refractivity contribution in [3.05, 3.63) is 57.2 Å². The zero-order valence-electron chi connectivity index (χ0n) is 12.0. The number of carboxylic acids is 1. The van der Waals surface area contributed by atoms with Crippen LogP contribution in [0.5, 0.6) is 0 Å². The lowest BCUT2D eigenvalue weighted by atomic mass is 10.1. The summed E-state index contributed by atoms with van der Waals surface area (Å²) in [7, 11) is 0. The van der Waals surface area contributed by atoms with Gasteiger partial charge >= 0.3 is 11.6 Å². The van der Waals surface area contributed by atoms with E-state index in [0.29, 0.717) is 16.8 Å². The van der Waals surface area contributed by atoms with Gasteiger partial charge in [-0.15, -0.1) is 5.10 Å². The van der Waals surface area contributed by atoms with Crippen molar-refractivity contribution >= 4 is 16.9 Å². The van der Waals surface area contributed by atoms with Crippen LogP contribution in [0.15, 0.2) is 33.5 Å². The number of carbonyl (C=O) groups is 1. The van der Waals surface area contributed by atoms with Crippen LogP contribution < -0.4 is 5.63 Å². The number of carboxylic acid groups (broad SMARTS) is 1. The van der Waals surface area contributed by atoms with Crippen LogP contribution in [0.25, 0.3) is 11.0 Å². The van der Waals surface area contributed by atoms with Crippen molar-refractivity contribution in [2.75, 3.05) is 0 Å². The number of hydrogen-bond acceptors (Lipinski definition) is 5. The molecule has 112 valence electrons. The molecule has 0 aliphatic heterocycles. The Balaban J connectivity index is 2.16. The molecule has 0 spiro atoms. The molecule has 1 aromatic carbocycles. The Bertz CT molecular complexity index is 940. The minimum Gasteiger partial charge on any atom is -0.476 e. The van der Waals surface area contributed by atoms with Crippen molar-refractivity contribution in [1.82, 2.24) is 15.0 Å². The third-order valence-corrected chi connectivity index (χ3v) is 3.41. The topological polar surface area (TPSA) is 98.2 Å². The smallest absolute Gasteiger partial charge is 0.356 e. The Kier molecular flexibility index (Phi) is 3.25. The van der Waals surface area contributed by atoms with Crippen LogP contribution in [0.3, 0.4) is 0 Å². The second kappa shape index (κ2) is 5.10. The number of hydrogen-bond donors (Lipinski definition) is 1. The average molecular weight is 299 g/mol. The Morgan fingerprint density at radius 3 is 2.82 bits per heavy atom. The lowest BCUT2D eigenvalue weighted by molar-refractivity contribution is 0.0683. The lowest BCUT2D eigenvalue weighted by Crippen LogP contribution is -2.13. The summed E-state index contributed by atoms with van der Waals surface area (Å²) in [6.45, 7) is 3.61. The Labute approximate surface area is 124 Å². The van der Waals surface area contributed by atoms with E-state index in [1.165, 1.54) is 10.7 Å². The zero-order chi connectivity index (χ0) is 15.9. The number of rotatable bonds is 3. The van der Waals surface area contributed by atoms with Gasteiger partial charge in [0.15, 0.2) is 5.69 Å². The van der Waals surface area contributed by atoms with Gasteiger partial charge in [0.25, 0.3) is 0 Å². The predicted molar refractivity (Wildman–Crippen MR) is 78.0 cm³/mol. The summed E-state index contributed by atoms with van der Waals surface area (Å²) in [6.07, 6.45) is 0. The molecule has 0 aliphatic rings. The Morgan fingerprint density at radius 2 is 2.09 bits per heavy atom. The molecule has 0 atom stereocenters. The standard InChI is InChI=1S/C15H13N3O4/c1-8-3-4-11-10(6-13(19)22-12(11)5-8)7-18-14(15(20)21)9(2)16-17-18/h3-6H,7H2,1-2H3,(H,20,21). The summed E-state index contributed by atoms with van der Waals surface area (Å²) in [5.74, 6) is -1.11. The minimum absolute atomic E-state index is 0.00787. The van der Waals surface area contributed by atoms with Crippen LogP contribution in [0.2, 0.25) is 0 Å². The van der Waals surface area contributed by atoms with Gasteiger partial charge < -0.3 is 9.52 Å². The van der Waals surface area contributed by atoms with E-state index in [1.807, 2.05) is 19.1 Å². The van der Waals surface area contributed by atoms with Crippen LogP contribution in [0.4, 0.5) is 0 Å². The molecule has 0 radical (unpaired) electrons. The summed E-state index contributed by atoms with van der Waals surface area (Å²) in [4.78, 5) is 23.0. The van der Waals surface area contributed by atoms with E-state index in [9.17, 15) is 14.7 Å². The number of aryl methyl sites for hydroxylation is 2. The first-order chi connectivity index (χ1) is 10.5. The van der Waals surface area contributed by atoms with Gasteiger partial charge in [0.1, 0.15) is 5.58 Å². The molecule has 1 N–H and O–H groups in total. The fourth-order valence-electron chi connectivity index (χ4n) is 2.41. The fraction of sp³-hybridized carbons (Fsp3) is 0.200. The van der Waals surface area contributed by atoms with Gasteiger partial charge in [-0.3, -0.25) is 0 Å². The highest BCUT2D eigenvalue weighted by molar-refractivity contribution is 5.87. The van der Waals surface area contributed by atoms with Gasteiger partial charge in [0, 0.05) is 11.5 Å². The molecule has 2 aromatic heterocycles. The fourth-order valence-corrected chi connectivity index (χ4v) is 2.41. The normalized spacial score (nSPS) is 11.0. The highest BCUT2D eigenvalue weighted by Crippen LogP contribution is 2.20. The van der Waals surface area contributed by atoms with Crippen LogP contribution in [0.1, 0.15) is 27.3 Å². The van der Waals surface area contributed by atoms with Crippen LogP contribution in [-0.4, -0.2) is 26.1 Å². The predicted octanol–water partition coefficient (Wildman–Crippen LogP) is 1.75. The molecule has 3 rings (SSSR count). The highest BCUT2D eigenvalue weighted by atomic mass is 16.4. The molecule has 0 saturated carbocycles. The van der Waals surface area contributed by atoms with Crippen molar-refractivity contribution < 1.29 is 14.3 Å². The van der Waals surface area contributed by atoms with E-state index in [-0.39, 0.29) is 12.2 Å². The van der Waals surface area contributed by atoms with Crippen LogP contribution >= 0.6 is 0 Å². The van der Waals surface area contributed by atoms with E-state index < -0.39 is 11.6 Å². The molecule has 0 saturated heterocycles. The molecule has 0 amide bonds. The van der Waals surface area contributed by atoms with Crippen molar-refractivity contribution in [1.29, 1.82) is 0 Å². The SMILES string of the molecule is Cc1ccc2c(Cn3nnc(C)c3C(=O)O)cc(=O)oc2c1. The van der Waals surface area contributed by atoms with Crippen molar-refractivity contribution in [2.24, 2.45) is 0 Å². The van der Waals surface area contributed by atoms with Gasteiger partial charge in [0.2, 0.25) is 0 Å². The largest absolute Gasteiger partial charge is 0.476 e. The summed E-state index contributed by atoms with van der Waals surface area (Å²) in [5, 5.41) is 17.6. The van der Waals surface area contributed by atoms with E-state index in [4.69, 9.17) is 4.42 Å². The first-order valence-electron chi connectivity index (χ1n) is 6.62. The second-order valence-corrected chi connectivity index (χ2v) is 5.08. The van der Waals surface area contributed by atoms with Crippen LogP contribution in [0, 0.1) is 13.8 Å². The van der Waals surface area contributed by atoms with Gasteiger partial charge in [0.05, 0.1) is 12.2 Å².